The van der Waals surface area contributed by atoms with Gasteiger partial charge in [0.05, 0.1) is 0 Å². The van der Waals surface area contributed by atoms with Crippen LogP contribution in [0.4, 0.5) is 5.82 Å². The number of hydrogen-bond acceptors (Lipinski definition) is 4. The molecule has 0 aliphatic heterocycles. The fourth-order valence-corrected chi connectivity index (χ4v) is 2.71. The van der Waals surface area contributed by atoms with Crippen LogP contribution in [0.2, 0.25) is 0 Å². The number of aromatic nitrogens is 4. The first-order valence-electron chi connectivity index (χ1n) is 6.67. The van der Waals surface area contributed by atoms with E-state index in [-0.39, 0.29) is 0 Å². The Morgan fingerprint density at radius 3 is 2.57 bits per heavy atom. The molecule has 0 aliphatic rings. The molecule has 1 aromatic carbocycles. The largest absolute Gasteiger partial charge is 0.362 e. The van der Waals surface area contributed by atoms with E-state index in [1.165, 1.54) is 17.5 Å². The van der Waals surface area contributed by atoms with E-state index in [0.29, 0.717) is 5.78 Å². The van der Waals surface area contributed by atoms with Crippen LogP contribution in [0.3, 0.4) is 0 Å². The fourth-order valence-electron chi connectivity index (χ4n) is 2.44. The average molecular weight is 346 g/mol. The molecule has 3 aromatic rings. The van der Waals surface area contributed by atoms with E-state index in [9.17, 15) is 0 Å². The van der Waals surface area contributed by atoms with Gasteiger partial charge in [0.2, 0.25) is 0 Å². The van der Waals surface area contributed by atoms with Crippen molar-refractivity contribution in [2.24, 2.45) is 0 Å². The third-order valence-electron chi connectivity index (χ3n) is 3.42. The molecule has 0 unspecified atom stereocenters. The minimum absolute atomic E-state index is 0.635. The molecule has 0 radical (unpaired) electrons. The van der Waals surface area contributed by atoms with E-state index >= 15 is 0 Å². The predicted molar refractivity (Wildman–Crippen MR) is 86.8 cm³/mol. The smallest absolute Gasteiger partial charge is 0.254 e. The zero-order valence-electron chi connectivity index (χ0n) is 12.2. The van der Waals surface area contributed by atoms with E-state index < -0.39 is 0 Å². The SMILES string of the molecule is Cc1nc2ncnn2c(N(C)C)c1Cc1ccc(Br)cc1. The molecule has 6 heteroatoms. The Morgan fingerprint density at radius 2 is 1.90 bits per heavy atom. The first-order chi connectivity index (χ1) is 10.1. The summed E-state index contributed by atoms with van der Waals surface area (Å²) in [6.07, 6.45) is 2.35. The summed E-state index contributed by atoms with van der Waals surface area (Å²) in [7, 11) is 4.03. The third-order valence-corrected chi connectivity index (χ3v) is 3.95. The van der Waals surface area contributed by atoms with Gasteiger partial charge in [0.25, 0.3) is 5.78 Å². The van der Waals surface area contributed by atoms with Gasteiger partial charge in [-0.3, -0.25) is 0 Å². The molecule has 2 aromatic heterocycles. The van der Waals surface area contributed by atoms with Crippen LogP contribution >= 0.6 is 15.9 Å². The van der Waals surface area contributed by atoms with Crippen molar-refractivity contribution < 1.29 is 0 Å². The van der Waals surface area contributed by atoms with Crippen molar-refractivity contribution in [3.05, 3.63) is 51.9 Å². The highest BCUT2D eigenvalue weighted by molar-refractivity contribution is 9.10. The van der Waals surface area contributed by atoms with Gasteiger partial charge in [0.15, 0.2) is 0 Å². The zero-order valence-corrected chi connectivity index (χ0v) is 13.8. The highest BCUT2D eigenvalue weighted by atomic mass is 79.9. The third kappa shape index (κ3) is 2.63. The average Bonchev–Trinajstić information content (AvgIpc) is 2.88. The van der Waals surface area contributed by atoms with Crippen molar-refractivity contribution in [3.8, 4) is 0 Å². The Kier molecular flexibility index (Phi) is 3.63. The second kappa shape index (κ2) is 5.44. The molecule has 0 aliphatic carbocycles. The number of hydrogen-bond donors (Lipinski definition) is 0. The van der Waals surface area contributed by atoms with Crippen LogP contribution in [0.5, 0.6) is 0 Å². The summed E-state index contributed by atoms with van der Waals surface area (Å²) in [6, 6.07) is 8.35. The van der Waals surface area contributed by atoms with Crippen molar-refractivity contribution in [3.63, 3.8) is 0 Å². The second-order valence-electron chi connectivity index (χ2n) is 5.17. The van der Waals surface area contributed by atoms with E-state index in [1.54, 1.807) is 4.52 Å². The summed E-state index contributed by atoms with van der Waals surface area (Å²) in [5.74, 6) is 1.66. The predicted octanol–water partition coefficient (Wildman–Crippen LogP) is 2.85. The van der Waals surface area contributed by atoms with Crippen molar-refractivity contribution in [1.29, 1.82) is 0 Å². The first-order valence-corrected chi connectivity index (χ1v) is 7.46. The lowest BCUT2D eigenvalue weighted by molar-refractivity contribution is 0.863. The lowest BCUT2D eigenvalue weighted by atomic mass is 10.0. The Bertz CT molecular complexity index is 777. The van der Waals surface area contributed by atoms with E-state index in [4.69, 9.17) is 0 Å². The Balaban J connectivity index is 2.14. The molecule has 0 saturated heterocycles. The van der Waals surface area contributed by atoms with Gasteiger partial charge in [0, 0.05) is 36.2 Å². The van der Waals surface area contributed by atoms with Crippen molar-refractivity contribution >= 4 is 27.5 Å². The van der Waals surface area contributed by atoms with Crippen LogP contribution in [0.15, 0.2) is 35.1 Å². The number of rotatable bonds is 3. The zero-order chi connectivity index (χ0) is 15.0. The molecule has 0 atom stereocenters. The number of aryl methyl sites for hydroxylation is 1. The lowest BCUT2D eigenvalue weighted by Crippen LogP contribution is -2.18. The van der Waals surface area contributed by atoms with Gasteiger partial charge in [0.1, 0.15) is 12.1 Å². The Morgan fingerprint density at radius 1 is 1.19 bits per heavy atom. The molecule has 0 spiro atoms. The Hall–Kier alpha value is -1.95. The van der Waals surface area contributed by atoms with Gasteiger partial charge >= 0.3 is 0 Å². The Labute approximate surface area is 131 Å². The molecule has 0 saturated carbocycles. The number of nitrogens with zero attached hydrogens (tertiary/aromatic N) is 5. The molecule has 5 nitrogen and oxygen atoms in total. The maximum Gasteiger partial charge on any atom is 0.254 e. The standard InChI is InChI=1S/C15H16BrN5/c1-10-13(8-11-4-6-12(16)7-5-11)14(20(2)3)21-15(19-10)17-9-18-21/h4-7,9H,8H2,1-3H3. The molecule has 108 valence electrons. The summed E-state index contributed by atoms with van der Waals surface area (Å²) in [6.45, 7) is 2.02. The topological polar surface area (TPSA) is 46.3 Å². The van der Waals surface area contributed by atoms with E-state index in [1.807, 2.05) is 21.0 Å². The van der Waals surface area contributed by atoms with Crippen molar-refractivity contribution in [1.82, 2.24) is 19.6 Å². The summed E-state index contributed by atoms with van der Waals surface area (Å²) < 4.78 is 2.88. The molecule has 21 heavy (non-hydrogen) atoms. The van der Waals surface area contributed by atoms with Crippen LogP contribution < -0.4 is 4.90 Å². The minimum Gasteiger partial charge on any atom is -0.362 e. The molecule has 0 fully saturated rings. The van der Waals surface area contributed by atoms with E-state index in [0.717, 1.165) is 22.4 Å². The van der Waals surface area contributed by atoms with Gasteiger partial charge in [-0.2, -0.15) is 14.6 Å². The number of fused-ring (bicyclic) bond motifs is 1. The molecule has 0 bridgehead atoms. The molecule has 2 heterocycles. The maximum atomic E-state index is 4.55. The highest BCUT2D eigenvalue weighted by Gasteiger charge is 2.16. The maximum absolute atomic E-state index is 4.55. The summed E-state index contributed by atoms with van der Waals surface area (Å²) >= 11 is 3.47. The van der Waals surface area contributed by atoms with Gasteiger partial charge in [-0.15, -0.1) is 0 Å². The monoisotopic (exact) mass is 345 g/mol. The van der Waals surface area contributed by atoms with Crippen molar-refractivity contribution in [2.45, 2.75) is 13.3 Å². The number of halogens is 1. The summed E-state index contributed by atoms with van der Waals surface area (Å²) in [5, 5.41) is 4.29. The summed E-state index contributed by atoms with van der Waals surface area (Å²) in [5.41, 5.74) is 3.40. The highest BCUT2D eigenvalue weighted by Crippen LogP contribution is 2.25. The van der Waals surface area contributed by atoms with Crippen LogP contribution in [-0.4, -0.2) is 33.7 Å². The first kappa shape index (κ1) is 14.0. The molecule has 3 rings (SSSR count). The van der Waals surface area contributed by atoms with E-state index in [2.05, 4.69) is 60.2 Å². The van der Waals surface area contributed by atoms with Crippen LogP contribution in [-0.2, 0) is 6.42 Å². The van der Waals surface area contributed by atoms with Crippen LogP contribution in [0.1, 0.15) is 16.8 Å². The molecule has 0 amide bonds. The minimum atomic E-state index is 0.635. The van der Waals surface area contributed by atoms with Gasteiger partial charge in [-0.05, 0) is 24.6 Å². The second-order valence-corrected chi connectivity index (χ2v) is 6.08. The van der Waals surface area contributed by atoms with Gasteiger partial charge < -0.3 is 4.90 Å². The number of benzene rings is 1. The molecule has 0 N–H and O–H groups in total. The van der Waals surface area contributed by atoms with Gasteiger partial charge in [-0.25, -0.2) is 4.98 Å². The fraction of sp³-hybridized carbons (Fsp3) is 0.267. The lowest BCUT2D eigenvalue weighted by Gasteiger charge is -2.19. The summed E-state index contributed by atoms with van der Waals surface area (Å²) in [4.78, 5) is 10.8. The van der Waals surface area contributed by atoms with Gasteiger partial charge in [-0.1, -0.05) is 28.1 Å². The van der Waals surface area contributed by atoms with Crippen LogP contribution in [0, 0.1) is 6.92 Å². The van der Waals surface area contributed by atoms with Crippen molar-refractivity contribution in [2.75, 3.05) is 19.0 Å². The molecular formula is C15H16BrN5. The molecular weight excluding hydrogens is 330 g/mol. The number of anilines is 1. The van der Waals surface area contributed by atoms with Crippen LogP contribution in [0.25, 0.3) is 5.78 Å². The quantitative estimate of drug-likeness (QED) is 0.732. The normalized spacial score (nSPS) is 11.0.